The number of nitrogens with zero attached hydrogens (tertiary/aromatic N) is 1. The van der Waals surface area contributed by atoms with Crippen molar-refractivity contribution in [3.8, 4) is 17.2 Å². The Labute approximate surface area is 243 Å². The Hall–Kier alpha value is -3.02. The van der Waals surface area contributed by atoms with Crippen LogP contribution >= 0.6 is 46.0 Å². The minimum Gasteiger partial charge on any atom is -0.493 e. The molecule has 10 heteroatoms. The highest BCUT2D eigenvalue weighted by atomic mass is 127. The molecule has 1 aliphatic heterocycles. The molecule has 38 heavy (non-hydrogen) atoms. The molecule has 4 rings (SSSR count). The largest absolute Gasteiger partial charge is 0.493 e. The number of imide groups is 1. The van der Waals surface area contributed by atoms with E-state index in [0.29, 0.717) is 25.5 Å². The molecule has 0 bridgehead atoms. The number of carbonyl (C=O) groups is 3. The van der Waals surface area contributed by atoms with Crippen molar-refractivity contribution in [2.75, 3.05) is 20.3 Å². The fraction of sp³-hybridized carbons (Fsp3) is 0.179. The van der Waals surface area contributed by atoms with E-state index in [1.54, 1.807) is 42.5 Å². The lowest BCUT2D eigenvalue weighted by molar-refractivity contribution is -0.123. The summed E-state index contributed by atoms with van der Waals surface area (Å²) in [7, 11) is 1.46. The molecule has 0 aliphatic carbocycles. The average molecular weight is 664 g/mol. The van der Waals surface area contributed by atoms with E-state index in [-0.39, 0.29) is 29.0 Å². The molecule has 0 saturated carbocycles. The number of amides is 2. The van der Waals surface area contributed by atoms with Crippen LogP contribution in [0.2, 0.25) is 5.02 Å². The van der Waals surface area contributed by atoms with E-state index in [2.05, 4.69) is 0 Å². The van der Waals surface area contributed by atoms with Gasteiger partial charge in [-0.25, -0.2) is 4.79 Å². The van der Waals surface area contributed by atoms with Crippen molar-refractivity contribution in [2.45, 2.75) is 13.8 Å². The first-order valence-electron chi connectivity index (χ1n) is 11.5. The molecule has 7 nitrogen and oxygen atoms in total. The summed E-state index contributed by atoms with van der Waals surface area (Å²) < 4.78 is 17.4. The van der Waals surface area contributed by atoms with Crippen LogP contribution in [-0.4, -0.2) is 42.3 Å². The molecule has 0 N–H and O–H groups in total. The number of aryl methyl sites for hydroxylation is 2. The minimum absolute atomic E-state index is 0.135. The number of hydrogen-bond acceptors (Lipinski definition) is 7. The predicted molar refractivity (Wildman–Crippen MR) is 156 cm³/mol. The summed E-state index contributed by atoms with van der Waals surface area (Å²) in [5.41, 5.74) is 3.01. The molecule has 196 valence electrons. The van der Waals surface area contributed by atoms with Crippen molar-refractivity contribution in [3.05, 3.63) is 90.3 Å². The van der Waals surface area contributed by atoms with Gasteiger partial charge in [0.25, 0.3) is 11.1 Å². The van der Waals surface area contributed by atoms with Gasteiger partial charge in [0.2, 0.25) is 0 Å². The van der Waals surface area contributed by atoms with E-state index in [1.165, 1.54) is 12.0 Å². The van der Waals surface area contributed by atoms with Crippen molar-refractivity contribution in [1.82, 2.24) is 4.90 Å². The third kappa shape index (κ3) is 6.51. The van der Waals surface area contributed by atoms with Gasteiger partial charge in [0.15, 0.2) is 11.5 Å². The second kappa shape index (κ2) is 12.2. The number of halogens is 2. The van der Waals surface area contributed by atoms with Gasteiger partial charge in [0.1, 0.15) is 12.4 Å². The van der Waals surface area contributed by atoms with Gasteiger partial charge in [-0.2, -0.15) is 0 Å². The number of thioether (sulfide) groups is 1. The van der Waals surface area contributed by atoms with E-state index in [1.807, 2.05) is 54.6 Å². The summed E-state index contributed by atoms with van der Waals surface area (Å²) in [5, 5.41) is 0.150. The highest BCUT2D eigenvalue weighted by Gasteiger charge is 2.35. The zero-order chi connectivity index (χ0) is 27.4. The highest BCUT2D eigenvalue weighted by molar-refractivity contribution is 14.1. The molecule has 0 spiro atoms. The SMILES string of the molecule is COc1cc(/C=C2\SC(=O)N(CCOc3cc(C)ccc3C)C2=O)cc(I)c1OC(=O)c1ccc(Cl)cc1. The number of ether oxygens (including phenoxy) is 3. The monoisotopic (exact) mass is 663 g/mol. The molecule has 0 radical (unpaired) electrons. The van der Waals surface area contributed by atoms with Crippen LogP contribution in [-0.2, 0) is 4.79 Å². The van der Waals surface area contributed by atoms with Crippen LogP contribution in [0.5, 0.6) is 17.2 Å². The predicted octanol–water partition coefficient (Wildman–Crippen LogP) is 6.90. The molecule has 0 atom stereocenters. The zero-order valence-electron chi connectivity index (χ0n) is 20.7. The molecular weight excluding hydrogens is 641 g/mol. The van der Waals surface area contributed by atoms with E-state index >= 15 is 0 Å². The van der Waals surface area contributed by atoms with Gasteiger partial charge in [-0.3, -0.25) is 14.5 Å². The number of hydrogen-bond donors (Lipinski definition) is 0. The van der Waals surface area contributed by atoms with Crippen LogP contribution < -0.4 is 14.2 Å². The molecule has 1 fully saturated rings. The van der Waals surface area contributed by atoms with Crippen LogP contribution in [0.15, 0.2) is 59.5 Å². The normalized spacial score (nSPS) is 14.2. The van der Waals surface area contributed by atoms with E-state index in [0.717, 1.165) is 28.6 Å². The second-order valence-electron chi connectivity index (χ2n) is 8.38. The Balaban J connectivity index is 1.47. The Morgan fingerprint density at radius 3 is 2.50 bits per heavy atom. The first-order chi connectivity index (χ1) is 18.2. The lowest BCUT2D eigenvalue weighted by atomic mass is 10.1. The van der Waals surface area contributed by atoms with Gasteiger partial charge < -0.3 is 14.2 Å². The fourth-order valence-electron chi connectivity index (χ4n) is 3.61. The summed E-state index contributed by atoms with van der Waals surface area (Å²) >= 11 is 8.78. The molecule has 1 saturated heterocycles. The van der Waals surface area contributed by atoms with Gasteiger partial charge in [0, 0.05) is 5.02 Å². The van der Waals surface area contributed by atoms with Crippen LogP contribution in [0, 0.1) is 17.4 Å². The van der Waals surface area contributed by atoms with Crippen LogP contribution in [0.4, 0.5) is 4.79 Å². The summed E-state index contributed by atoms with van der Waals surface area (Å²) in [6.07, 6.45) is 1.62. The summed E-state index contributed by atoms with van der Waals surface area (Å²) in [5.74, 6) is 0.339. The van der Waals surface area contributed by atoms with Crippen molar-refractivity contribution >= 4 is 69.1 Å². The second-order valence-corrected chi connectivity index (χ2v) is 11.0. The zero-order valence-corrected chi connectivity index (χ0v) is 24.5. The van der Waals surface area contributed by atoms with Gasteiger partial charge in [-0.05, 0) is 113 Å². The molecule has 1 aliphatic rings. The lowest BCUT2D eigenvalue weighted by Gasteiger charge is -2.15. The third-order valence-electron chi connectivity index (χ3n) is 5.61. The average Bonchev–Trinajstić information content (AvgIpc) is 3.15. The van der Waals surface area contributed by atoms with E-state index in [4.69, 9.17) is 25.8 Å². The summed E-state index contributed by atoms with van der Waals surface area (Å²) in [6.45, 7) is 4.24. The maximum atomic E-state index is 13.0. The number of methoxy groups -OCH3 is 1. The summed E-state index contributed by atoms with van der Waals surface area (Å²) in [6, 6.07) is 15.6. The topological polar surface area (TPSA) is 82.1 Å². The van der Waals surface area contributed by atoms with Gasteiger partial charge in [-0.15, -0.1) is 0 Å². The van der Waals surface area contributed by atoms with E-state index < -0.39 is 11.9 Å². The smallest absolute Gasteiger partial charge is 0.343 e. The molecule has 2 amide bonds. The van der Waals surface area contributed by atoms with Crippen LogP contribution in [0.3, 0.4) is 0 Å². The van der Waals surface area contributed by atoms with Crippen LogP contribution in [0.1, 0.15) is 27.0 Å². The number of carbonyl (C=O) groups excluding carboxylic acids is 3. The Kier molecular flexibility index (Phi) is 9.01. The number of rotatable bonds is 8. The van der Waals surface area contributed by atoms with Crippen molar-refractivity contribution < 1.29 is 28.6 Å². The first kappa shape index (κ1) is 28.0. The Bertz CT molecular complexity index is 1440. The first-order valence-corrected chi connectivity index (χ1v) is 13.7. The Morgan fingerprint density at radius 2 is 1.79 bits per heavy atom. The maximum absolute atomic E-state index is 13.0. The quantitative estimate of drug-likeness (QED) is 0.112. The minimum atomic E-state index is -0.560. The van der Waals surface area contributed by atoms with Gasteiger partial charge in [0.05, 0.1) is 27.7 Å². The molecule has 0 aromatic heterocycles. The van der Waals surface area contributed by atoms with Crippen molar-refractivity contribution in [1.29, 1.82) is 0 Å². The molecule has 3 aromatic carbocycles. The highest BCUT2D eigenvalue weighted by Crippen LogP contribution is 2.37. The van der Waals surface area contributed by atoms with Gasteiger partial charge >= 0.3 is 5.97 Å². The molecular formula is C28H23ClINO6S. The summed E-state index contributed by atoms with van der Waals surface area (Å²) in [4.78, 5) is 39.6. The van der Waals surface area contributed by atoms with Crippen molar-refractivity contribution in [3.63, 3.8) is 0 Å². The molecule has 3 aromatic rings. The van der Waals surface area contributed by atoms with Crippen LogP contribution in [0.25, 0.3) is 6.08 Å². The fourth-order valence-corrected chi connectivity index (χ4v) is 5.34. The van der Waals surface area contributed by atoms with E-state index in [9.17, 15) is 14.4 Å². The molecule has 0 unspecified atom stereocenters. The van der Waals surface area contributed by atoms with Gasteiger partial charge in [-0.1, -0.05) is 23.7 Å². The number of benzene rings is 3. The maximum Gasteiger partial charge on any atom is 0.343 e. The number of esters is 1. The standard InChI is InChI=1S/C28H23ClINO6S/c1-16-4-5-17(2)22(12-16)36-11-10-31-26(32)24(38-28(31)34)15-18-13-21(30)25(23(14-18)35-3)37-27(33)19-6-8-20(29)9-7-19/h4-9,12-15H,10-11H2,1-3H3/b24-15-. The third-order valence-corrected chi connectivity index (χ3v) is 7.57. The molecule has 1 heterocycles. The Morgan fingerprint density at radius 1 is 1.05 bits per heavy atom. The lowest BCUT2D eigenvalue weighted by Crippen LogP contribution is -2.32. The van der Waals surface area contributed by atoms with Crippen molar-refractivity contribution in [2.24, 2.45) is 0 Å².